The average Bonchev–Trinajstić information content (AvgIpc) is 3.17. The molecule has 0 aliphatic heterocycles. The average molecular weight is 600 g/mol. The van der Waals surface area contributed by atoms with E-state index in [1.165, 1.54) is 13.0 Å². The smallest absolute Gasteiger partial charge is 0.331 e. The molecule has 240 valence electrons. The van der Waals surface area contributed by atoms with E-state index < -0.39 is 45.9 Å². The zero-order valence-electron chi connectivity index (χ0n) is 26.7. The Kier molecular flexibility index (Phi) is 8.69. The molecule has 3 saturated carbocycles. The Hall–Kier alpha value is -1.87. The van der Waals surface area contributed by atoms with Crippen molar-refractivity contribution < 1.29 is 34.8 Å². The van der Waals surface area contributed by atoms with Crippen LogP contribution in [-0.2, 0) is 14.4 Å². The maximum absolute atomic E-state index is 14.7. The number of nitrogens with one attached hydrogen (secondary N) is 1. The summed E-state index contributed by atoms with van der Waals surface area (Å²) in [5.41, 5.74) is -0.905. The van der Waals surface area contributed by atoms with Gasteiger partial charge in [0.1, 0.15) is 5.78 Å². The van der Waals surface area contributed by atoms with Crippen molar-refractivity contribution >= 4 is 17.5 Å². The molecule has 10 atom stereocenters. The number of rotatable bonds is 8. The lowest BCUT2D eigenvalue weighted by atomic mass is 9.39. The molecule has 43 heavy (non-hydrogen) atoms. The molecule has 5 aliphatic rings. The first-order chi connectivity index (χ1) is 20.2. The molecule has 0 unspecified atom stereocenters. The number of carboxylic acids is 1. The van der Waals surface area contributed by atoms with Crippen molar-refractivity contribution in [1.29, 1.82) is 0 Å². The molecule has 0 radical (unpaired) electrons. The highest BCUT2D eigenvalue weighted by atomic mass is 16.4. The van der Waals surface area contributed by atoms with E-state index in [2.05, 4.69) is 19.2 Å². The minimum absolute atomic E-state index is 0.0761. The number of carbonyl (C=O) groups excluding carboxylic acids is 2. The van der Waals surface area contributed by atoms with Gasteiger partial charge in [0.25, 0.3) is 0 Å². The predicted molar refractivity (Wildman–Crippen MR) is 163 cm³/mol. The minimum atomic E-state index is -1.07. The van der Waals surface area contributed by atoms with Gasteiger partial charge < -0.3 is 25.7 Å². The zero-order valence-corrected chi connectivity index (χ0v) is 26.7. The van der Waals surface area contributed by atoms with Crippen LogP contribution in [0.2, 0.25) is 0 Å². The number of aliphatic hydroxyl groups excluding tert-OH is 3. The van der Waals surface area contributed by atoms with Crippen molar-refractivity contribution in [3.63, 3.8) is 0 Å². The molecule has 2 bridgehead atoms. The molecular weight excluding hydrogens is 546 g/mol. The molecule has 0 amide bonds. The summed E-state index contributed by atoms with van der Waals surface area (Å²) in [4.78, 5) is 39.7. The Labute approximate surface area is 256 Å². The largest absolute Gasteiger partial charge is 0.478 e. The van der Waals surface area contributed by atoms with Crippen molar-refractivity contribution in [1.82, 2.24) is 5.32 Å². The van der Waals surface area contributed by atoms with Gasteiger partial charge in [-0.3, -0.25) is 9.59 Å². The molecule has 0 aromatic rings. The summed E-state index contributed by atoms with van der Waals surface area (Å²) in [6, 6.07) is 0. The Balaban J connectivity index is 1.64. The van der Waals surface area contributed by atoms with E-state index in [1.54, 1.807) is 0 Å². The van der Waals surface area contributed by atoms with E-state index in [0.717, 1.165) is 43.3 Å². The lowest BCUT2D eigenvalue weighted by Gasteiger charge is -2.63. The summed E-state index contributed by atoms with van der Waals surface area (Å²) in [6.45, 7) is 8.35. The van der Waals surface area contributed by atoms with Gasteiger partial charge in [0.2, 0.25) is 0 Å². The Morgan fingerprint density at radius 1 is 1.09 bits per heavy atom. The SMILES string of the molecule is CNCC[C@]1(C)C(=O)CC[C@]23CCCCC[C@]45CC(=O)C2=C([C@H](O)C[C@@H]31)[C@]4(C)[C@@H](O)C[C@@H]5[C@H](C)C[C@H](O)/C=C(\C)C(=O)O. The highest BCUT2D eigenvalue weighted by molar-refractivity contribution is 6.01. The van der Waals surface area contributed by atoms with Crippen LogP contribution in [0, 0.1) is 39.4 Å². The number of hydrogen-bond donors (Lipinski definition) is 5. The van der Waals surface area contributed by atoms with Crippen molar-refractivity contribution in [3.8, 4) is 0 Å². The van der Waals surface area contributed by atoms with E-state index >= 15 is 0 Å². The van der Waals surface area contributed by atoms with E-state index in [-0.39, 0.29) is 34.9 Å². The third kappa shape index (κ3) is 4.72. The molecule has 0 aromatic carbocycles. The normalized spacial score (nSPS) is 42.8. The maximum Gasteiger partial charge on any atom is 0.331 e. The number of Topliss-reactive ketones (excluding diaryl/α,β-unsaturated/α-hetero) is 2. The van der Waals surface area contributed by atoms with Crippen LogP contribution in [0.5, 0.6) is 0 Å². The molecule has 5 rings (SSSR count). The molecule has 5 N–H and O–H groups in total. The predicted octanol–water partition coefficient (Wildman–Crippen LogP) is 4.36. The van der Waals surface area contributed by atoms with E-state index in [9.17, 15) is 34.8 Å². The Morgan fingerprint density at radius 3 is 2.47 bits per heavy atom. The first-order valence-electron chi connectivity index (χ1n) is 16.6. The molecule has 3 fully saturated rings. The summed E-state index contributed by atoms with van der Waals surface area (Å²) in [5.74, 6) is -1.04. The zero-order chi connectivity index (χ0) is 31.5. The van der Waals surface area contributed by atoms with Crippen LogP contribution in [0.1, 0.15) is 105 Å². The topological polar surface area (TPSA) is 144 Å². The summed E-state index contributed by atoms with van der Waals surface area (Å²) in [7, 11) is 1.89. The number of fused-ring (bicyclic) bond motifs is 2. The first kappa shape index (κ1) is 32.5. The molecular formula is C35H53NO7. The van der Waals surface area contributed by atoms with Gasteiger partial charge in [0.15, 0.2) is 5.78 Å². The quantitative estimate of drug-likeness (QED) is 0.259. The third-order valence-electron chi connectivity index (χ3n) is 13.4. The summed E-state index contributed by atoms with van der Waals surface area (Å²) in [6.07, 6.45) is 6.51. The summed E-state index contributed by atoms with van der Waals surface area (Å²) in [5, 5.41) is 47.5. The number of aliphatic hydroxyl groups is 3. The van der Waals surface area contributed by atoms with Gasteiger partial charge in [-0.15, -0.1) is 0 Å². The van der Waals surface area contributed by atoms with Crippen LogP contribution in [-0.4, -0.2) is 69.9 Å². The molecule has 8 nitrogen and oxygen atoms in total. The number of carbonyl (C=O) groups is 3. The van der Waals surface area contributed by atoms with Crippen LogP contribution >= 0.6 is 0 Å². The van der Waals surface area contributed by atoms with Crippen molar-refractivity contribution in [3.05, 3.63) is 22.8 Å². The lowest BCUT2D eigenvalue weighted by Crippen LogP contribution is -2.62. The van der Waals surface area contributed by atoms with Crippen LogP contribution in [0.15, 0.2) is 22.8 Å². The van der Waals surface area contributed by atoms with Crippen LogP contribution in [0.3, 0.4) is 0 Å². The fourth-order valence-corrected chi connectivity index (χ4v) is 11.2. The standard InChI is InChI=1S/C35H53NO7/c1-20(15-22(37)16-21(2)31(42)43)23-17-28(41)33(4)29-24(38)18-26-32(3,13-14-36-5)27(40)9-12-34(26)10-7-6-8-11-35(23,33)19-25(39)30(29)34/h16,20,22-24,26,28,36-38,41H,6-15,17-19H2,1-5H3,(H,42,43)/b21-16+/t20-,22+,23-,24-,26-,28+,32+,33+,34+,35-/m1/s1. The molecule has 8 heteroatoms. The van der Waals surface area contributed by atoms with Crippen molar-refractivity contribution in [2.45, 2.75) is 123 Å². The second-order valence-corrected chi connectivity index (χ2v) is 15.3. The van der Waals surface area contributed by atoms with Gasteiger partial charge >= 0.3 is 5.97 Å². The number of aliphatic carboxylic acids is 1. The number of ketones is 2. The van der Waals surface area contributed by atoms with Gasteiger partial charge in [-0.25, -0.2) is 4.79 Å². The molecule has 0 saturated heterocycles. The first-order valence-corrected chi connectivity index (χ1v) is 16.6. The molecule has 5 aliphatic carbocycles. The lowest BCUT2D eigenvalue weighted by molar-refractivity contribution is -0.152. The van der Waals surface area contributed by atoms with E-state index in [4.69, 9.17) is 0 Å². The molecule has 2 spiro atoms. The monoisotopic (exact) mass is 599 g/mol. The summed E-state index contributed by atoms with van der Waals surface area (Å²) < 4.78 is 0. The molecule has 0 heterocycles. The van der Waals surface area contributed by atoms with E-state index in [1.807, 2.05) is 14.0 Å². The maximum atomic E-state index is 14.7. The highest BCUT2D eigenvalue weighted by Gasteiger charge is 2.72. The van der Waals surface area contributed by atoms with Crippen LogP contribution in [0.25, 0.3) is 0 Å². The van der Waals surface area contributed by atoms with E-state index in [0.29, 0.717) is 51.5 Å². The second kappa shape index (κ2) is 11.5. The van der Waals surface area contributed by atoms with Gasteiger partial charge in [0.05, 0.1) is 18.3 Å². The van der Waals surface area contributed by atoms with Gasteiger partial charge in [-0.1, -0.05) is 40.0 Å². The second-order valence-electron chi connectivity index (χ2n) is 15.3. The fourth-order valence-electron chi connectivity index (χ4n) is 11.2. The van der Waals surface area contributed by atoms with Crippen LogP contribution in [0.4, 0.5) is 0 Å². The number of carboxylic acid groups (broad SMARTS) is 1. The van der Waals surface area contributed by atoms with Crippen LogP contribution < -0.4 is 5.32 Å². The minimum Gasteiger partial charge on any atom is -0.478 e. The fraction of sp³-hybridized carbons (Fsp3) is 0.800. The molecule has 0 aromatic heterocycles. The van der Waals surface area contributed by atoms with Gasteiger partial charge in [-0.2, -0.15) is 0 Å². The highest BCUT2D eigenvalue weighted by Crippen LogP contribution is 2.74. The Morgan fingerprint density at radius 2 is 1.79 bits per heavy atom. The Bertz CT molecular complexity index is 1220. The number of allylic oxidation sites excluding steroid dienone is 1. The van der Waals surface area contributed by atoms with Crippen molar-refractivity contribution in [2.75, 3.05) is 13.6 Å². The van der Waals surface area contributed by atoms with Crippen molar-refractivity contribution in [2.24, 2.45) is 39.4 Å². The number of hydrogen-bond acceptors (Lipinski definition) is 7. The summed E-state index contributed by atoms with van der Waals surface area (Å²) >= 11 is 0. The third-order valence-corrected chi connectivity index (χ3v) is 13.4. The van der Waals surface area contributed by atoms with Gasteiger partial charge in [0, 0.05) is 40.2 Å². The van der Waals surface area contributed by atoms with Gasteiger partial charge in [-0.05, 0) is 100 Å².